The van der Waals surface area contributed by atoms with Crippen molar-refractivity contribution >= 4 is 46.4 Å². The number of hydrogen-bond donors (Lipinski definition) is 2. The third-order valence-corrected chi connectivity index (χ3v) is 10.5. The fourth-order valence-electron chi connectivity index (χ4n) is 5.93. The lowest BCUT2D eigenvalue weighted by molar-refractivity contribution is -0.169. The maximum Gasteiger partial charge on any atom is 0.198 e. The van der Waals surface area contributed by atoms with E-state index in [-0.39, 0.29) is 46.6 Å². The molecular formula is C26H31Cl3O5. The number of aromatic hydroxyl groups is 2. The number of ether oxygens (including phenoxy) is 1. The molecule has 1 aromatic carbocycles. The van der Waals surface area contributed by atoms with Gasteiger partial charge in [-0.3, -0.25) is 9.59 Å². The van der Waals surface area contributed by atoms with Gasteiger partial charge in [0, 0.05) is 16.5 Å². The average Bonchev–Trinajstić information content (AvgIpc) is 2.74. The number of hydrogen-bond acceptors (Lipinski definition) is 5. The van der Waals surface area contributed by atoms with E-state index in [1.165, 1.54) is 13.0 Å². The number of rotatable bonds is 2. The van der Waals surface area contributed by atoms with Gasteiger partial charge in [-0.25, -0.2) is 0 Å². The van der Waals surface area contributed by atoms with Gasteiger partial charge in [-0.1, -0.05) is 26.0 Å². The Kier molecular flexibility index (Phi) is 5.97. The molecule has 4 rings (SSSR count). The Bertz CT molecular complexity index is 1110. The van der Waals surface area contributed by atoms with E-state index in [1.54, 1.807) is 13.8 Å². The van der Waals surface area contributed by atoms with Crippen LogP contribution in [0.2, 0.25) is 0 Å². The first-order chi connectivity index (χ1) is 15.5. The standard InChI is InChI=1S/C26H31Cl3O5/c1-12-7-8-17(27)23(3,4)15(12)10-26-21(32)14-9-16(30)13(2)20(31)19(14)22(33)25(26,29)11-18(28)24(5,6)34-26/h9,15,17-18,30-31H,1,7-8,10-11H2,2-6H3/t15-,17+,18-,25-,26+/m1/s1. The highest BCUT2D eigenvalue weighted by atomic mass is 35.5. The van der Waals surface area contributed by atoms with Crippen molar-refractivity contribution in [2.24, 2.45) is 11.3 Å². The Morgan fingerprint density at radius 1 is 1.12 bits per heavy atom. The SMILES string of the molecule is C=C1CC[C@H](Cl)C(C)(C)[C@@H]1C[C@@]12OC(C)(C)[C@H](Cl)C[C@@]1(Cl)C(=O)c1c(cc(O)c(C)c1O)C2=O. The third kappa shape index (κ3) is 3.30. The summed E-state index contributed by atoms with van der Waals surface area (Å²) in [5, 5.41) is 20.3. The van der Waals surface area contributed by atoms with Crippen LogP contribution >= 0.6 is 34.8 Å². The Balaban J connectivity index is 1.99. The van der Waals surface area contributed by atoms with Gasteiger partial charge in [-0.05, 0) is 63.9 Å². The minimum Gasteiger partial charge on any atom is -0.508 e. The highest BCUT2D eigenvalue weighted by Gasteiger charge is 2.71. The second-order valence-electron chi connectivity index (χ2n) is 11.2. The van der Waals surface area contributed by atoms with Crippen LogP contribution in [0.15, 0.2) is 18.2 Å². The zero-order valence-corrected chi connectivity index (χ0v) is 22.4. The summed E-state index contributed by atoms with van der Waals surface area (Å²) in [6.07, 6.45) is 1.50. The first kappa shape index (κ1) is 25.8. The number of Topliss-reactive ketones (excluding diaryl/α,β-unsaturated/α-hetero) is 2. The van der Waals surface area contributed by atoms with E-state index >= 15 is 0 Å². The smallest absolute Gasteiger partial charge is 0.198 e. The molecule has 1 aromatic rings. The summed E-state index contributed by atoms with van der Waals surface area (Å²) in [6, 6.07) is 1.22. The lowest BCUT2D eigenvalue weighted by Gasteiger charge is -2.59. The molecule has 8 heteroatoms. The van der Waals surface area contributed by atoms with Crippen molar-refractivity contribution in [3.8, 4) is 11.5 Å². The Hall–Kier alpha value is -1.27. The zero-order chi connectivity index (χ0) is 25.6. The van der Waals surface area contributed by atoms with E-state index < -0.39 is 44.2 Å². The number of halogens is 3. The number of phenols is 2. The molecule has 2 N–H and O–H groups in total. The Morgan fingerprint density at radius 3 is 2.35 bits per heavy atom. The van der Waals surface area contributed by atoms with Crippen LogP contribution in [0.25, 0.3) is 0 Å². The number of allylic oxidation sites excluding steroid dienone is 1. The number of alkyl halides is 3. The van der Waals surface area contributed by atoms with E-state index in [1.807, 2.05) is 13.8 Å². The summed E-state index contributed by atoms with van der Waals surface area (Å²) < 4.78 is 6.53. The maximum atomic E-state index is 14.3. The van der Waals surface area contributed by atoms with Crippen molar-refractivity contribution < 1.29 is 24.5 Å². The average molecular weight is 530 g/mol. The molecule has 5 nitrogen and oxygen atoms in total. The van der Waals surface area contributed by atoms with Crippen molar-refractivity contribution in [3.63, 3.8) is 0 Å². The predicted molar refractivity (Wildman–Crippen MR) is 134 cm³/mol. The second kappa shape index (κ2) is 7.86. The molecule has 2 aliphatic carbocycles. The molecule has 2 fully saturated rings. The van der Waals surface area contributed by atoms with Crippen LogP contribution in [-0.2, 0) is 4.74 Å². The van der Waals surface area contributed by atoms with E-state index in [2.05, 4.69) is 6.58 Å². The van der Waals surface area contributed by atoms with Gasteiger partial charge in [-0.15, -0.1) is 34.8 Å². The van der Waals surface area contributed by atoms with Crippen LogP contribution in [0.4, 0.5) is 0 Å². The number of carbonyl (C=O) groups excluding carboxylic acids is 2. The van der Waals surface area contributed by atoms with Crippen LogP contribution in [-0.4, -0.2) is 48.6 Å². The summed E-state index contributed by atoms with van der Waals surface area (Å²) in [7, 11) is 0. The maximum absolute atomic E-state index is 14.3. The summed E-state index contributed by atoms with van der Waals surface area (Å²) in [5.74, 6) is -2.20. The zero-order valence-electron chi connectivity index (χ0n) is 20.1. The number of phenolic OH excluding ortho intramolecular Hbond substituents is 2. The fraction of sp³-hybridized carbons (Fsp3) is 0.615. The van der Waals surface area contributed by atoms with Crippen molar-refractivity contribution in [2.45, 2.75) is 87.1 Å². The van der Waals surface area contributed by atoms with Gasteiger partial charge in [0.05, 0.1) is 16.5 Å². The van der Waals surface area contributed by atoms with Gasteiger partial charge in [0.2, 0.25) is 0 Å². The quantitative estimate of drug-likeness (QED) is 0.347. The first-order valence-corrected chi connectivity index (χ1v) is 12.8. The van der Waals surface area contributed by atoms with Gasteiger partial charge >= 0.3 is 0 Å². The van der Waals surface area contributed by atoms with Gasteiger partial charge in [-0.2, -0.15) is 0 Å². The molecule has 5 atom stereocenters. The molecule has 186 valence electrons. The van der Waals surface area contributed by atoms with E-state index in [9.17, 15) is 19.8 Å². The molecule has 0 aromatic heterocycles. The normalized spacial score (nSPS) is 36.7. The highest BCUT2D eigenvalue weighted by Crippen LogP contribution is 2.60. The van der Waals surface area contributed by atoms with Crippen LogP contribution in [0.5, 0.6) is 11.5 Å². The predicted octanol–water partition coefficient (Wildman–Crippen LogP) is 6.30. The molecule has 0 bridgehead atoms. The van der Waals surface area contributed by atoms with Crippen LogP contribution in [0.1, 0.15) is 79.7 Å². The molecule has 34 heavy (non-hydrogen) atoms. The summed E-state index contributed by atoms with van der Waals surface area (Å²) >= 11 is 20.5. The second-order valence-corrected chi connectivity index (χ2v) is 12.9. The van der Waals surface area contributed by atoms with Crippen molar-refractivity contribution in [2.75, 3.05) is 0 Å². The number of benzene rings is 1. The molecule has 3 aliphatic rings. The lowest BCUT2D eigenvalue weighted by atomic mass is 9.56. The van der Waals surface area contributed by atoms with Crippen LogP contribution in [0.3, 0.4) is 0 Å². The van der Waals surface area contributed by atoms with Crippen LogP contribution < -0.4 is 0 Å². The van der Waals surface area contributed by atoms with Crippen molar-refractivity contribution in [1.29, 1.82) is 0 Å². The molecular weight excluding hydrogens is 499 g/mol. The van der Waals surface area contributed by atoms with Gasteiger partial charge < -0.3 is 14.9 Å². The summed E-state index contributed by atoms with van der Waals surface area (Å²) in [5.41, 5.74) is -2.51. The summed E-state index contributed by atoms with van der Waals surface area (Å²) in [6.45, 7) is 13.3. The van der Waals surface area contributed by atoms with Crippen molar-refractivity contribution in [3.05, 3.63) is 34.9 Å². The first-order valence-electron chi connectivity index (χ1n) is 11.5. The molecule has 0 spiro atoms. The molecule has 0 amide bonds. The summed E-state index contributed by atoms with van der Waals surface area (Å²) in [4.78, 5) is 26.5. The topological polar surface area (TPSA) is 83.8 Å². The molecule has 0 unspecified atom stereocenters. The largest absolute Gasteiger partial charge is 0.508 e. The number of ketones is 2. The molecule has 1 heterocycles. The minimum absolute atomic E-state index is 0.0313. The molecule has 1 saturated carbocycles. The van der Waals surface area contributed by atoms with E-state index in [4.69, 9.17) is 39.5 Å². The Labute approximate surface area is 215 Å². The fourth-order valence-corrected chi connectivity index (χ4v) is 6.99. The van der Waals surface area contributed by atoms with Crippen molar-refractivity contribution in [1.82, 2.24) is 0 Å². The van der Waals surface area contributed by atoms with Gasteiger partial charge in [0.1, 0.15) is 16.4 Å². The molecule has 1 aliphatic heterocycles. The minimum atomic E-state index is -1.85. The van der Waals surface area contributed by atoms with E-state index in [0.717, 1.165) is 12.0 Å². The van der Waals surface area contributed by atoms with Gasteiger partial charge in [0.25, 0.3) is 0 Å². The molecule has 0 radical (unpaired) electrons. The van der Waals surface area contributed by atoms with E-state index in [0.29, 0.717) is 6.42 Å². The van der Waals surface area contributed by atoms with Crippen LogP contribution in [0, 0.1) is 18.3 Å². The third-order valence-electron chi connectivity index (χ3n) is 8.43. The molecule has 1 saturated heterocycles. The highest BCUT2D eigenvalue weighted by molar-refractivity contribution is 6.45. The Morgan fingerprint density at radius 2 is 1.74 bits per heavy atom. The lowest BCUT2D eigenvalue weighted by Crippen LogP contribution is -2.73. The number of fused-ring (bicyclic) bond motifs is 2. The van der Waals surface area contributed by atoms with Gasteiger partial charge in [0.15, 0.2) is 17.2 Å². The number of carbonyl (C=O) groups is 2. The monoisotopic (exact) mass is 528 g/mol.